The predicted octanol–water partition coefficient (Wildman–Crippen LogP) is 0.911. The first-order valence-corrected chi connectivity index (χ1v) is 9.81. The van der Waals surface area contributed by atoms with E-state index in [0.29, 0.717) is 19.5 Å². The average molecular weight is 372 g/mol. The van der Waals surface area contributed by atoms with Crippen molar-refractivity contribution in [3.63, 3.8) is 0 Å². The molecule has 0 bridgehead atoms. The van der Waals surface area contributed by atoms with Gasteiger partial charge in [-0.05, 0) is 43.4 Å². The number of rotatable bonds is 4. The fourth-order valence-corrected chi connectivity index (χ4v) is 4.76. The molecule has 1 N–H and O–H groups in total. The number of pyridine rings is 1. The topological polar surface area (TPSA) is 77.0 Å². The van der Waals surface area contributed by atoms with Crippen molar-refractivity contribution in [2.24, 2.45) is 11.3 Å². The van der Waals surface area contributed by atoms with E-state index in [1.54, 1.807) is 6.20 Å². The van der Waals surface area contributed by atoms with Gasteiger partial charge in [0.25, 0.3) is 0 Å². The van der Waals surface area contributed by atoms with Gasteiger partial charge >= 0.3 is 5.97 Å². The molecule has 3 heterocycles. The van der Waals surface area contributed by atoms with E-state index in [1.807, 2.05) is 29.1 Å². The Balaban J connectivity index is 1.37. The van der Waals surface area contributed by atoms with E-state index >= 15 is 0 Å². The summed E-state index contributed by atoms with van der Waals surface area (Å²) in [5.41, 5.74) is 1.32. The van der Waals surface area contributed by atoms with Crippen LogP contribution in [0.3, 0.4) is 0 Å². The van der Waals surface area contributed by atoms with Gasteiger partial charge in [-0.15, -0.1) is 0 Å². The van der Waals surface area contributed by atoms with Crippen LogP contribution in [0.1, 0.15) is 24.8 Å². The molecule has 3 aliphatic rings. The second kappa shape index (κ2) is 7.20. The lowest BCUT2D eigenvalue weighted by atomic mass is 9.80. The molecule has 1 spiro atoms. The number of carbonyl (C=O) groups excluding carboxylic acids is 1. The van der Waals surface area contributed by atoms with Crippen LogP contribution in [-0.4, -0.2) is 82.5 Å². The molecule has 1 aliphatic carbocycles. The van der Waals surface area contributed by atoms with Gasteiger partial charge in [0.15, 0.2) is 0 Å². The van der Waals surface area contributed by atoms with Gasteiger partial charge in [0.05, 0.1) is 5.92 Å². The monoisotopic (exact) mass is 372 g/mol. The Morgan fingerprint density at radius 3 is 2.59 bits per heavy atom. The molecule has 7 heteroatoms. The van der Waals surface area contributed by atoms with E-state index in [1.165, 1.54) is 5.56 Å². The number of hydrogen-bond donors (Lipinski definition) is 1. The summed E-state index contributed by atoms with van der Waals surface area (Å²) in [5.74, 6) is -1.44. The maximum Gasteiger partial charge on any atom is 0.308 e. The fourth-order valence-electron chi connectivity index (χ4n) is 4.76. The third kappa shape index (κ3) is 3.84. The molecule has 1 saturated carbocycles. The Hall–Kier alpha value is -1.99. The number of piperazine rings is 1. The number of aromatic nitrogens is 1. The predicted molar refractivity (Wildman–Crippen MR) is 99.9 cm³/mol. The van der Waals surface area contributed by atoms with Gasteiger partial charge in [0.2, 0.25) is 5.91 Å². The molecule has 146 valence electrons. The summed E-state index contributed by atoms with van der Waals surface area (Å²) in [6.07, 6.45) is 6.47. The third-order valence-corrected chi connectivity index (χ3v) is 6.43. The Labute approximate surface area is 160 Å². The summed E-state index contributed by atoms with van der Waals surface area (Å²) in [7, 11) is 1.91. The first-order valence-electron chi connectivity index (χ1n) is 9.81. The molecule has 3 fully saturated rings. The largest absolute Gasteiger partial charge is 0.481 e. The van der Waals surface area contributed by atoms with Gasteiger partial charge in [-0.3, -0.25) is 24.4 Å². The van der Waals surface area contributed by atoms with E-state index in [4.69, 9.17) is 0 Å². The van der Waals surface area contributed by atoms with Crippen molar-refractivity contribution < 1.29 is 14.7 Å². The molecular weight excluding hydrogens is 344 g/mol. The zero-order valence-corrected chi connectivity index (χ0v) is 15.9. The van der Waals surface area contributed by atoms with Crippen molar-refractivity contribution in [3.05, 3.63) is 30.1 Å². The molecule has 27 heavy (non-hydrogen) atoms. The van der Waals surface area contributed by atoms with Crippen molar-refractivity contribution in [1.82, 2.24) is 19.7 Å². The highest BCUT2D eigenvalue weighted by Gasteiger charge is 2.55. The molecule has 1 aromatic rings. The zero-order valence-electron chi connectivity index (χ0n) is 15.9. The second-order valence-electron chi connectivity index (χ2n) is 8.47. The minimum absolute atomic E-state index is 0.0126. The number of likely N-dealkylation sites (tertiary alicyclic amines) is 1. The highest BCUT2D eigenvalue weighted by molar-refractivity contribution is 5.88. The van der Waals surface area contributed by atoms with Crippen LogP contribution >= 0.6 is 0 Å². The number of likely N-dealkylation sites (N-methyl/N-ethyl adjacent to an activating group) is 1. The first kappa shape index (κ1) is 18.4. The van der Waals surface area contributed by atoms with Gasteiger partial charge in [-0.1, -0.05) is 6.07 Å². The average Bonchev–Trinajstić information content (AvgIpc) is 3.40. The maximum absolute atomic E-state index is 13.2. The van der Waals surface area contributed by atoms with E-state index in [9.17, 15) is 14.7 Å². The molecule has 1 aromatic heterocycles. The standard InChI is InChI=1S/C20H28N4O3/c1-22-14-20(4-5-20)11-16(19(26)27)17(22)18(25)24-9-7-23(8-10-24)13-15-3-2-6-21-12-15/h2-3,6,12,16-17H,4-5,7-11,13-14H2,1H3,(H,26,27). The highest BCUT2D eigenvalue weighted by atomic mass is 16.4. The van der Waals surface area contributed by atoms with Crippen molar-refractivity contribution in [3.8, 4) is 0 Å². The molecule has 0 radical (unpaired) electrons. The fraction of sp³-hybridized carbons (Fsp3) is 0.650. The van der Waals surface area contributed by atoms with Crippen LogP contribution in [0.4, 0.5) is 0 Å². The summed E-state index contributed by atoms with van der Waals surface area (Å²) in [6.45, 7) is 4.59. The van der Waals surface area contributed by atoms with Crippen LogP contribution in [0.2, 0.25) is 0 Å². The molecule has 2 unspecified atom stereocenters. The molecular formula is C20H28N4O3. The maximum atomic E-state index is 13.2. The summed E-state index contributed by atoms with van der Waals surface area (Å²) in [4.78, 5) is 35.4. The smallest absolute Gasteiger partial charge is 0.308 e. The molecule has 2 aliphatic heterocycles. The number of carboxylic acid groups (broad SMARTS) is 1. The van der Waals surface area contributed by atoms with E-state index in [0.717, 1.165) is 39.0 Å². The molecule has 0 aromatic carbocycles. The van der Waals surface area contributed by atoms with Gasteiger partial charge < -0.3 is 10.0 Å². The number of hydrogen-bond acceptors (Lipinski definition) is 5. The second-order valence-corrected chi connectivity index (χ2v) is 8.47. The van der Waals surface area contributed by atoms with Crippen LogP contribution in [0.5, 0.6) is 0 Å². The van der Waals surface area contributed by atoms with Crippen LogP contribution in [0.15, 0.2) is 24.5 Å². The molecule has 2 saturated heterocycles. The van der Waals surface area contributed by atoms with E-state index < -0.39 is 17.9 Å². The van der Waals surface area contributed by atoms with Crippen molar-refractivity contribution in [1.29, 1.82) is 0 Å². The first-order chi connectivity index (χ1) is 13.0. The van der Waals surface area contributed by atoms with Crippen molar-refractivity contribution in [2.45, 2.75) is 31.8 Å². The minimum atomic E-state index is -0.832. The number of aliphatic carboxylic acids is 1. The molecule has 2 atom stereocenters. The number of piperidine rings is 1. The Kier molecular flexibility index (Phi) is 4.90. The van der Waals surface area contributed by atoms with Crippen LogP contribution < -0.4 is 0 Å². The van der Waals surface area contributed by atoms with E-state index in [-0.39, 0.29) is 11.3 Å². The molecule has 7 nitrogen and oxygen atoms in total. The Morgan fingerprint density at radius 1 is 1.26 bits per heavy atom. The van der Waals surface area contributed by atoms with E-state index in [2.05, 4.69) is 16.0 Å². The summed E-state index contributed by atoms with van der Waals surface area (Å²) >= 11 is 0. The number of amides is 1. The summed E-state index contributed by atoms with van der Waals surface area (Å²) < 4.78 is 0. The lowest BCUT2D eigenvalue weighted by molar-refractivity contribution is -0.156. The normalized spacial score (nSPS) is 28.3. The summed E-state index contributed by atoms with van der Waals surface area (Å²) in [5, 5.41) is 9.73. The van der Waals surface area contributed by atoms with Crippen molar-refractivity contribution >= 4 is 11.9 Å². The Morgan fingerprint density at radius 2 is 2.00 bits per heavy atom. The van der Waals surface area contributed by atoms with Crippen LogP contribution in [-0.2, 0) is 16.1 Å². The lowest BCUT2D eigenvalue weighted by Gasteiger charge is -2.44. The highest BCUT2D eigenvalue weighted by Crippen LogP contribution is 2.54. The number of nitrogens with zero attached hydrogens (tertiary/aromatic N) is 4. The summed E-state index contributed by atoms with van der Waals surface area (Å²) in [6, 6.07) is 3.47. The molecule has 4 rings (SSSR count). The van der Waals surface area contributed by atoms with Gasteiger partial charge in [-0.25, -0.2) is 0 Å². The lowest BCUT2D eigenvalue weighted by Crippen LogP contribution is -2.60. The van der Waals surface area contributed by atoms with Crippen LogP contribution in [0.25, 0.3) is 0 Å². The van der Waals surface area contributed by atoms with Crippen LogP contribution in [0, 0.1) is 11.3 Å². The number of carboxylic acids is 1. The quantitative estimate of drug-likeness (QED) is 0.847. The van der Waals surface area contributed by atoms with Gasteiger partial charge in [0, 0.05) is 51.7 Å². The van der Waals surface area contributed by atoms with Crippen molar-refractivity contribution in [2.75, 3.05) is 39.8 Å². The zero-order chi connectivity index (χ0) is 19.0. The SMILES string of the molecule is CN1CC2(CC2)CC(C(=O)O)C1C(=O)N1CCN(Cc2cccnc2)CC1. The minimum Gasteiger partial charge on any atom is -0.481 e. The Bertz CT molecular complexity index is 698. The third-order valence-electron chi connectivity index (χ3n) is 6.43. The van der Waals surface area contributed by atoms with Gasteiger partial charge in [-0.2, -0.15) is 0 Å². The molecule has 1 amide bonds. The van der Waals surface area contributed by atoms with Gasteiger partial charge in [0.1, 0.15) is 6.04 Å². The number of carbonyl (C=O) groups is 2.